The highest BCUT2D eigenvalue weighted by Gasteiger charge is 2.10. The Kier molecular flexibility index (Phi) is 5.61. The average molecular weight is 317 g/mol. The number of nitrogens with one attached hydrogen (secondary N) is 1. The van der Waals surface area contributed by atoms with Crippen molar-refractivity contribution in [1.29, 1.82) is 0 Å². The molecule has 0 spiro atoms. The summed E-state index contributed by atoms with van der Waals surface area (Å²) in [5, 5.41) is 2.99. The van der Waals surface area contributed by atoms with Gasteiger partial charge in [0.2, 0.25) is 5.91 Å². The number of rotatable bonds is 5. The summed E-state index contributed by atoms with van der Waals surface area (Å²) < 4.78 is 12.8. The quantitative estimate of drug-likeness (QED) is 0.828. The molecule has 1 unspecified atom stereocenters. The van der Waals surface area contributed by atoms with E-state index in [0.717, 1.165) is 10.5 Å². The van der Waals surface area contributed by atoms with Gasteiger partial charge in [0, 0.05) is 4.90 Å². The van der Waals surface area contributed by atoms with Crippen LogP contribution in [0.2, 0.25) is 0 Å². The molecule has 116 valence electrons. The zero-order valence-electron chi connectivity index (χ0n) is 13.0. The molecule has 0 aliphatic carbocycles. The van der Waals surface area contributed by atoms with Crippen LogP contribution in [0.1, 0.15) is 29.7 Å². The van der Waals surface area contributed by atoms with Crippen LogP contribution in [-0.2, 0) is 4.79 Å². The number of carbonyl (C=O) groups excluding carboxylic acids is 1. The minimum absolute atomic E-state index is 0.0272. The number of hydrogen-bond donors (Lipinski definition) is 1. The topological polar surface area (TPSA) is 29.1 Å². The lowest BCUT2D eigenvalue weighted by atomic mass is 10.0. The van der Waals surface area contributed by atoms with Crippen molar-refractivity contribution in [2.45, 2.75) is 31.7 Å². The zero-order chi connectivity index (χ0) is 16.1. The first-order valence-electron chi connectivity index (χ1n) is 7.20. The third-order valence-electron chi connectivity index (χ3n) is 3.59. The number of hydrogen-bond acceptors (Lipinski definition) is 2. The van der Waals surface area contributed by atoms with Gasteiger partial charge in [0.15, 0.2) is 0 Å². The highest BCUT2D eigenvalue weighted by atomic mass is 32.2. The molecule has 0 bridgehead atoms. The molecule has 2 rings (SSSR count). The predicted molar refractivity (Wildman–Crippen MR) is 89.6 cm³/mol. The molecule has 0 saturated carbocycles. The Morgan fingerprint density at radius 2 is 1.82 bits per heavy atom. The maximum Gasteiger partial charge on any atom is 0.230 e. The van der Waals surface area contributed by atoms with E-state index in [-0.39, 0.29) is 17.8 Å². The molecule has 0 aliphatic rings. The van der Waals surface area contributed by atoms with E-state index >= 15 is 0 Å². The smallest absolute Gasteiger partial charge is 0.230 e. The van der Waals surface area contributed by atoms with E-state index in [0.29, 0.717) is 5.75 Å². The van der Waals surface area contributed by atoms with Crippen molar-refractivity contribution in [3.63, 3.8) is 0 Å². The average Bonchev–Trinajstić information content (AvgIpc) is 2.49. The van der Waals surface area contributed by atoms with Crippen molar-refractivity contribution in [2.75, 3.05) is 5.75 Å². The standard InChI is InChI=1S/C18H20FNOS/c1-12-4-5-15(10-13(12)2)14(3)20-18(21)11-22-17-8-6-16(19)7-9-17/h4-10,14H,11H2,1-3H3,(H,20,21). The molecule has 2 nitrogen and oxygen atoms in total. The van der Waals surface area contributed by atoms with Crippen LogP contribution in [0.3, 0.4) is 0 Å². The Balaban J connectivity index is 1.88. The Labute approximate surface area is 135 Å². The lowest BCUT2D eigenvalue weighted by molar-refractivity contribution is -0.119. The van der Waals surface area contributed by atoms with Crippen LogP contribution in [0.25, 0.3) is 0 Å². The first-order chi connectivity index (χ1) is 10.5. The van der Waals surface area contributed by atoms with Crippen molar-refractivity contribution in [2.24, 2.45) is 0 Å². The number of benzene rings is 2. The molecule has 2 aromatic carbocycles. The maximum atomic E-state index is 12.8. The first-order valence-corrected chi connectivity index (χ1v) is 8.19. The molecule has 1 amide bonds. The second kappa shape index (κ2) is 7.45. The molecule has 0 saturated heterocycles. The summed E-state index contributed by atoms with van der Waals surface area (Å²) in [6.07, 6.45) is 0. The monoisotopic (exact) mass is 317 g/mol. The molecule has 2 aromatic rings. The molecule has 1 atom stereocenters. The minimum atomic E-state index is -0.267. The van der Waals surface area contributed by atoms with E-state index < -0.39 is 0 Å². The Bertz CT molecular complexity index is 655. The second-order valence-electron chi connectivity index (χ2n) is 5.38. The molecular formula is C18H20FNOS. The minimum Gasteiger partial charge on any atom is -0.349 e. The van der Waals surface area contributed by atoms with Crippen LogP contribution >= 0.6 is 11.8 Å². The van der Waals surface area contributed by atoms with Gasteiger partial charge < -0.3 is 5.32 Å². The van der Waals surface area contributed by atoms with Gasteiger partial charge in [-0.2, -0.15) is 0 Å². The molecule has 4 heteroatoms. The molecule has 22 heavy (non-hydrogen) atoms. The SMILES string of the molecule is Cc1ccc(C(C)NC(=O)CSc2ccc(F)cc2)cc1C. The fourth-order valence-electron chi connectivity index (χ4n) is 2.08. The Hall–Kier alpha value is -1.81. The molecule has 0 aromatic heterocycles. The van der Waals surface area contributed by atoms with Crippen LogP contribution in [0.5, 0.6) is 0 Å². The van der Waals surface area contributed by atoms with Gasteiger partial charge in [-0.3, -0.25) is 4.79 Å². The highest BCUT2D eigenvalue weighted by molar-refractivity contribution is 8.00. The van der Waals surface area contributed by atoms with Crippen LogP contribution in [0, 0.1) is 19.7 Å². The molecule has 0 heterocycles. The van der Waals surface area contributed by atoms with Crippen molar-refractivity contribution < 1.29 is 9.18 Å². The third kappa shape index (κ3) is 4.60. The summed E-state index contributed by atoms with van der Waals surface area (Å²) in [6.45, 7) is 6.12. The lowest BCUT2D eigenvalue weighted by Gasteiger charge is -2.15. The fraction of sp³-hybridized carbons (Fsp3) is 0.278. The number of carbonyl (C=O) groups is 1. The van der Waals surface area contributed by atoms with Gasteiger partial charge in [0.25, 0.3) is 0 Å². The normalized spacial score (nSPS) is 12.0. The summed E-state index contributed by atoms with van der Waals surface area (Å²) in [5.74, 6) is 0.0260. The van der Waals surface area contributed by atoms with Crippen molar-refractivity contribution in [1.82, 2.24) is 5.32 Å². The van der Waals surface area contributed by atoms with Gasteiger partial charge in [-0.25, -0.2) is 4.39 Å². The van der Waals surface area contributed by atoms with Crippen molar-refractivity contribution in [3.8, 4) is 0 Å². The number of amides is 1. The second-order valence-corrected chi connectivity index (χ2v) is 6.42. The van der Waals surface area contributed by atoms with E-state index in [2.05, 4.69) is 31.3 Å². The van der Waals surface area contributed by atoms with Crippen LogP contribution < -0.4 is 5.32 Å². The van der Waals surface area contributed by atoms with E-state index in [4.69, 9.17) is 0 Å². The van der Waals surface area contributed by atoms with Gasteiger partial charge in [-0.15, -0.1) is 11.8 Å². The molecule has 0 fully saturated rings. The first kappa shape index (κ1) is 16.6. The third-order valence-corrected chi connectivity index (χ3v) is 4.60. The van der Waals surface area contributed by atoms with Crippen LogP contribution in [-0.4, -0.2) is 11.7 Å². The van der Waals surface area contributed by atoms with Gasteiger partial charge in [-0.05, 0) is 61.7 Å². The molecule has 1 N–H and O–H groups in total. The summed E-state index contributed by atoms with van der Waals surface area (Å²) >= 11 is 1.40. The number of thioether (sulfide) groups is 1. The Morgan fingerprint density at radius 3 is 2.45 bits per heavy atom. The molecule has 0 radical (unpaired) electrons. The van der Waals surface area contributed by atoms with E-state index in [1.807, 2.05) is 13.0 Å². The summed E-state index contributed by atoms with van der Waals surface area (Å²) in [6, 6.07) is 12.4. The Morgan fingerprint density at radius 1 is 1.14 bits per heavy atom. The van der Waals surface area contributed by atoms with Gasteiger partial charge >= 0.3 is 0 Å². The predicted octanol–water partition coefficient (Wildman–Crippen LogP) is 4.41. The van der Waals surface area contributed by atoms with Crippen LogP contribution in [0.4, 0.5) is 4.39 Å². The largest absolute Gasteiger partial charge is 0.349 e. The number of halogens is 1. The van der Waals surface area contributed by atoms with Gasteiger partial charge in [0.1, 0.15) is 5.82 Å². The van der Waals surface area contributed by atoms with Crippen molar-refractivity contribution >= 4 is 17.7 Å². The van der Waals surface area contributed by atoms with E-state index in [1.54, 1.807) is 12.1 Å². The van der Waals surface area contributed by atoms with E-state index in [1.165, 1.54) is 35.0 Å². The van der Waals surface area contributed by atoms with Gasteiger partial charge in [0.05, 0.1) is 11.8 Å². The van der Waals surface area contributed by atoms with Crippen LogP contribution in [0.15, 0.2) is 47.4 Å². The van der Waals surface area contributed by atoms with Gasteiger partial charge in [-0.1, -0.05) is 18.2 Å². The maximum absolute atomic E-state index is 12.8. The van der Waals surface area contributed by atoms with Crippen molar-refractivity contribution in [3.05, 3.63) is 65.0 Å². The lowest BCUT2D eigenvalue weighted by Crippen LogP contribution is -2.28. The summed E-state index contributed by atoms with van der Waals surface area (Å²) in [7, 11) is 0. The zero-order valence-corrected chi connectivity index (χ0v) is 13.8. The number of aryl methyl sites for hydroxylation is 2. The molecule has 0 aliphatic heterocycles. The summed E-state index contributed by atoms with van der Waals surface area (Å²) in [4.78, 5) is 12.9. The fourth-order valence-corrected chi connectivity index (χ4v) is 2.79. The highest BCUT2D eigenvalue weighted by Crippen LogP contribution is 2.19. The molecular weight excluding hydrogens is 297 g/mol. The van der Waals surface area contributed by atoms with E-state index in [9.17, 15) is 9.18 Å². The summed E-state index contributed by atoms with van der Waals surface area (Å²) in [5.41, 5.74) is 3.57.